The van der Waals surface area contributed by atoms with Crippen molar-refractivity contribution in [2.24, 2.45) is 0 Å². The van der Waals surface area contributed by atoms with Crippen molar-refractivity contribution in [2.45, 2.75) is 32.2 Å². The van der Waals surface area contributed by atoms with Crippen LogP contribution in [0.2, 0.25) is 0 Å². The summed E-state index contributed by atoms with van der Waals surface area (Å²) in [5.74, 6) is -0.0289. The number of amides is 1. The van der Waals surface area contributed by atoms with Gasteiger partial charge in [0.05, 0.1) is 12.1 Å². The molecule has 2 rings (SSSR count). The van der Waals surface area contributed by atoms with E-state index in [2.05, 4.69) is 10.6 Å². The summed E-state index contributed by atoms with van der Waals surface area (Å²) in [6.45, 7) is 5.42. The highest BCUT2D eigenvalue weighted by Gasteiger charge is 2.29. The van der Waals surface area contributed by atoms with Crippen molar-refractivity contribution >= 4 is 11.6 Å². The van der Waals surface area contributed by atoms with Gasteiger partial charge in [0.1, 0.15) is 0 Å². The number of rotatable bonds is 3. The zero-order chi connectivity index (χ0) is 13.9. The van der Waals surface area contributed by atoms with E-state index >= 15 is 0 Å². The first-order valence-corrected chi connectivity index (χ1v) is 6.73. The van der Waals surface area contributed by atoms with E-state index in [1.165, 1.54) is 0 Å². The first-order chi connectivity index (χ1) is 9.04. The first-order valence-electron chi connectivity index (χ1n) is 6.73. The van der Waals surface area contributed by atoms with Crippen LogP contribution in [0.25, 0.3) is 0 Å². The molecule has 1 fully saturated rings. The Morgan fingerprint density at radius 1 is 1.42 bits per heavy atom. The highest BCUT2D eigenvalue weighted by molar-refractivity contribution is 5.95. The molecular weight excluding hydrogens is 240 g/mol. The van der Waals surface area contributed by atoms with Gasteiger partial charge in [-0.15, -0.1) is 0 Å². The second kappa shape index (κ2) is 5.61. The number of anilines is 1. The Morgan fingerprint density at radius 3 is 2.79 bits per heavy atom. The van der Waals surface area contributed by atoms with Crippen LogP contribution in [0.1, 0.15) is 35.7 Å². The molecule has 1 unspecified atom stereocenters. The van der Waals surface area contributed by atoms with Crippen molar-refractivity contribution in [3.8, 4) is 0 Å². The average Bonchev–Trinajstić information content (AvgIpc) is 2.39. The molecule has 4 nitrogen and oxygen atoms in total. The molecule has 0 aromatic heterocycles. The van der Waals surface area contributed by atoms with Crippen LogP contribution in [-0.4, -0.2) is 31.7 Å². The maximum absolute atomic E-state index is 12.3. The number of carbonyl (C=O) groups is 1. The zero-order valence-electron chi connectivity index (χ0n) is 11.9. The van der Waals surface area contributed by atoms with Crippen LogP contribution < -0.4 is 10.6 Å². The predicted octanol–water partition coefficient (Wildman–Crippen LogP) is 2.34. The highest BCUT2D eigenvalue weighted by Crippen LogP contribution is 2.20. The Balaban J connectivity index is 2.09. The molecule has 1 saturated heterocycles. The Hall–Kier alpha value is -1.55. The zero-order valence-corrected chi connectivity index (χ0v) is 11.9. The smallest absolute Gasteiger partial charge is 0.251 e. The molecule has 104 valence electrons. The summed E-state index contributed by atoms with van der Waals surface area (Å²) in [4.78, 5) is 12.3. The quantitative estimate of drug-likeness (QED) is 0.879. The van der Waals surface area contributed by atoms with Crippen molar-refractivity contribution in [1.82, 2.24) is 5.32 Å². The Labute approximate surface area is 114 Å². The number of benzene rings is 1. The van der Waals surface area contributed by atoms with Crippen molar-refractivity contribution in [3.63, 3.8) is 0 Å². The van der Waals surface area contributed by atoms with E-state index in [1.807, 2.05) is 39.1 Å². The van der Waals surface area contributed by atoms with E-state index in [4.69, 9.17) is 4.74 Å². The van der Waals surface area contributed by atoms with Crippen molar-refractivity contribution in [2.75, 3.05) is 25.6 Å². The summed E-state index contributed by atoms with van der Waals surface area (Å²) >= 11 is 0. The molecule has 1 aliphatic heterocycles. The maximum Gasteiger partial charge on any atom is 0.251 e. The van der Waals surface area contributed by atoms with Crippen LogP contribution in [0.5, 0.6) is 0 Å². The fraction of sp³-hybridized carbons (Fsp3) is 0.533. The largest absolute Gasteiger partial charge is 0.388 e. The molecule has 0 saturated carbocycles. The molecule has 1 atom stereocenters. The first kappa shape index (κ1) is 13.9. The van der Waals surface area contributed by atoms with Gasteiger partial charge in [-0.25, -0.2) is 0 Å². The SMILES string of the molecule is CNc1ccc(C(=O)NC2(C)CCCOC2)cc1C. The molecule has 1 aliphatic rings. The number of hydrogen-bond acceptors (Lipinski definition) is 3. The molecular formula is C15H22N2O2. The van der Waals surface area contributed by atoms with Gasteiger partial charge in [-0.3, -0.25) is 4.79 Å². The van der Waals surface area contributed by atoms with Gasteiger partial charge in [-0.1, -0.05) is 0 Å². The number of aryl methyl sites for hydroxylation is 1. The van der Waals surface area contributed by atoms with Gasteiger partial charge < -0.3 is 15.4 Å². The number of ether oxygens (including phenoxy) is 1. The highest BCUT2D eigenvalue weighted by atomic mass is 16.5. The standard InChI is InChI=1S/C15H22N2O2/c1-11-9-12(5-6-13(11)16-3)14(18)17-15(2)7-4-8-19-10-15/h5-6,9,16H,4,7-8,10H2,1-3H3,(H,17,18). The van der Waals surface area contributed by atoms with E-state index in [9.17, 15) is 4.79 Å². The molecule has 0 aliphatic carbocycles. The van der Waals surface area contributed by atoms with Crippen molar-refractivity contribution < 1.29 is 9.53 Å². The summed E-state index contributed by atoms with van der Waals surface area (Å²) in [6, 6.07) is 5.69. The molecule has 0 bridgehead atoms. The topological polar surface area (TPSA) is 50.4 Å². The summed E-state index contributed by atoms with van der Waals surface area (Å²) in [6.07, 6.45) is 1.96. The number of nitrogens with one attached hydrogen (secondary N) is 2. The minimum atomic E-state index is -0.245. The molecule has 1 amide bonds. The molecule has 0 radical (unpaired) electrons. The second-order valence-electron chi connectivity index (χ2n) is 5.45. The molecule has 1 aromatic carbocycles. The van der Waals surface area contributed by atoms with Gasteiger partial charge in [0, 0.05) is 24.9 Å². The van der Waals surface area contributed by atoms with E-state index in [-0.39, 0.29) is 11.4 Å². The molecule has 1 heterocycles. The maximum atomic E-state index is 12.3. The Bertz CT molecular complexity index is 465. The van der Waals surface area contributed by atoms with Gasteiger partial charge in [-0.05, 0) is 50.5 Å². The normalized spacial score (nSPS) is 22.9. The minimum Gasteiger partial charge on any atom is -0.388 e. The van der Waals surface area contributed by atoms with Crippen LogP contribution in [-0.2, 0) is 4.74 Å². The van der Waals surface area contributed by atoms with E-state index in [0.29, 0.717) is 12.2 Å². The number of carbonyl (C=O) groups excluding carboxylic acids is 1. The molecule has 2 N–H and O–H groups in total. The number of hydrogen-bond donors (Lipinski definition) is 2. The molecule has 0 spiro atoms. The van der Waals surface area contributed by atoms with Gasteiger partial charge in [0.15, 0.2) is 0 Å². The lowest BCUT2D eigenvalue weighted by Gasteiger charge is -2.34. The van der Waals surface area contributed by atoms with E-state index < -0.39 is 0 Å². The van der Waals surface area contributed by atoms with Crippen LogP contribution in [0, 0.1) is 6.92 Å². The summed E-state index contributed by atoms with van der Waals surface area (Å²) in [7, 11) is 1.88. The third-order valence-corrected chi connectivity index (χ3v) is 3.61. The third-order valence-electron chi connectivity index (χ3n) is 3.61. The van der Waals surface area contributed by atoms with Gasteiger partial charge >= 0.3 is 0 Å². The Kier molecular flexibility index (Phi) is 4.10. The second-order valence-corrected chi connectivity index (χ2v) is 5.45. The lowest BCUT2D eigenvalue weighted by molar-refractivity contribution is 0.0272. The monoisotopic (exact) mass is 262 g/mol. The summed E-state index contributed by atoms with van der Waals surface area (Å²) < 4.78 is 5.46. The lowest BCUT2D eigenvalue weighted by atomic mass is 9.94. The Morgan fingerprint density at radius 2 is 2.21 bits per heavy atom. The predicted molar refractivity (Wildman–Crippen MR) is 76.6 cm³/mol. The minimum absolute atomic E-state index is 0.0289. The molecule has 1 aromatic rings. The molecule has 4 heteroatoms. The van der Waals surface area contributed by atoms with Crippen LogP contribution in [0.4, 0.5) is 5.69 Å². The van der Waals surface area contributed by atoms with E-state index in [0.717, 1.165) is 30.7 Å². The third kappa shape index (κ3) is 3.26. The fourth-order valence-electron chi connectivity index (χ4n) is 2.46. The van der Waals surface area contributed by atoms with Gasteiger partial charge in [-0.2, -0.15) is 0 Å². The van der Waals surface area contributed by atoms with Gasteiger partial charge in [0.25, 0.3) is 5.91 Å². The van der Waals surface area contributed by atoms with Gasteiger partial charge in [0.2, 0.25) is 0 Å². The summed E-state index contributed by atoms with van der Waals surface area (Å²) in [5.41, 5.74) is 2.57. The summed E-state index contributed by atoms with van der Waals surface area (Å²) in [5, 5.41) is 6.19. The van der Waals surface area contributed by atoms with Crippen LogP contribution in [0.3, 0.4) is 0 Å². The lowest BCUT2D eigenvalue weighted by Crippen LogP contribution is -2.51. The van der Waals surface area contributed by atoms with E-state index in [1.54, 1.807) is 0 Å². The molecule has 19 heavy (non-hydrogen) atoms. The van der Waals surface area contributed by atoms with Crippen LogP contribution >= 0.6 is 0 Å². The van der Waals surface area contributed by atoms with Crippen molar-refractivity contribution in [1.29, 1.82) is 0 Å². The fourth-order valence-corrected chi connectivity index (χ4v) is 2.46. The van der Waals surface area contributed by atoms with Crippen molar-refractivity contribution in [3.05, 3.63) is 29.3 Å². The van der Waals surface area contributed by atoms with Crippen LogP contribution in [0.15, 0.2) is 18.2 Å². The average molecular weight is 262 g/mol.